The Labute approximate surface area is 122 Å². The standard InChI is InChI=1S/C16H28N2O2/c1-6-17-11-14-9-15(12(2)3)18-16(10-14)20-8-7-19-13(4)5/h9-10,12-13,17H,6-8,11H2,1-5H3. The molecule has 0 radical (unpaired) electrons. The van der Waals surface area contributed by atoms with E-state index in [2.05, 4.69) is 37.1 Å². The number of hydrogen-bond donors (Lipinski definition) is 1. The van der Waals surface area contributed by atoms with Crippen LogP contribution >= 0.6 is 0 Å². The van der Waals surface area contributed by atoms with Gasteiger partial charge in [0.2, 0.25) is 5.88 Å². The Balaban J connectivity index is 2.65. The fraction of sp³-hybridized carbons (Fsp3) is 0.688. The van der Waals surface area contributed by atoms with Gasteiger partial charge in [0.25, 0.3) is 0 Å². The van der Waals surface area contributed by atoms with Crippen molar-refractivity contribution >= 4 is 0 Å². The van der Waals surface area contributed by atoms with E-state index in [0.29, 0.717) is 25.0 Å². The summed E-state index contributed by atoms with van der Waals surface area (Å²) in [6, 6.07) is 4.15. The van der Waals surface area contributed by atoms with Crippen LogP contribution < -0.4 is 10.1 Å². The maximum Gasteiger partial charge on any atom is 0.213 e. The highest BCUT2D eigenvalue weighted by Gasteiger charge is 2.07. The molecular weight excluding hydrogens is 252 g/mol. The fourth-order valence-corrected chi connectivity index (χ4v) is 1.75. The molecule has 1 rings (SSSR count). The summed E-state index contributed by atoms with van der Waals surface area (Å²) in [5.41, 5.74) is 2.28. The van der Waals surface area contributed by atoms with E-state index < -0.39 is 0 Å². The number of rotatable bonds is 9. The van der Waals surface area contributed by atoms with Crippen molar-refractivity contribution in [2.45, 2.75) is 53.2 Å². The number of aromatic nitrogens is 1. The second kappa shape index (κ2) is 8.93. The summed E-state index contributed by atoms with van der Waals surface area (Å²) in [7, 11) is 0. The van der Waals surface area contributed by atoms with Crippen LogP contribution in [0.3, 0.4) is 0 Å². The van der Waals surface area contributed by atoms with Gasteiger partial charge in [-0.05, 0) is 37.9 Å². The monoisotopic (exact) mass is 280 g/mol. The van der Waals surface area contributed by atoms with Crippen LogP contribution in [-0.4, -0.2) is 30.8 Å². The van der Waals surface area contributed by atoms with Crippen molar-refractivity contribution < 1.29 is 9.47 Å². The van der Waals surface area contributed by atoms with Gasteiger partial charge in [-0.15, -0.1) is 0 Å². The Hall–Kier alpha value is -1.13. The first-order chi connectivity index (χ1) is 9.52. The van der Waals surface area contributed by atoms with E-state index in [9.17, 15) is 0 Å². The van der Waals surface area contributed by atoms with Crippen LogP contribution in [0.25, 0.3) is 0 Å². The van der Waals surface area contributed by atoms with Gasteiger partial charge >= 0.3 is 0 Å². The molecule has 0 aromatic carbocycles. The minimum Gasteiger partial charge on any atom is -0.475 e. The Morgan fingerprint density at radius 1 is 1.15 bits per heavy atom. The molecule has 0 bridgehead atoms. The zero-order valence-corrected chi connectivity index (χ0v) is 13.4. The van der Waals surface area contributed by atoms with Crippen molar-refractivity contribution in [2.75, 3.05) is 19.8 Å². The third kappa shape index (κ3) is 6.35. The molecule has 0 saturated heterocycles. The molecule has 0 fully saturated rings. The molecule has 4 nitrogen and oxygen atoms in total. The largest absolute Gasteiger partial charge is 0.475 e. The summed E-state index contributed by atoms with van der Waals surface area (Å²) in [5.74, 6) is 1.09. The predicted octanol–water partition coefficient (Wildman–Crippen LogP) is 3.12. The number of pyridine rings is 1. The Kier molecular flexibility index (Phi) is 7.55. The molecule has 0 amide bonds. The maximum atomic E-state index is 5.70. The van der Waals surface area contributed by atoms with Gasteiger partial charge in [-0.2, -0.15) is 0 Å². The van der Waals surface area contributed by atoms with Crippen LogP contribution in [0.2, 0.25) is 0 Å². The summed E-state index contributed by atoms with van der Waals surface area (Å²) in [6.07, 6.45) is 0.234. The molecule has 20 heavy (non-hydrogen) atoms. The number of hydrogen-bond acceptors (Lipinski definition) is 4. The molecule has 114 valence electrons. The van der Waals surface area contributed by atoms with Gasteiger partial charge in [-0.1, -0.05) is 20.8 Å². The zero-order valence-electron chi connectivity index (χ0n) is 13.4. The van der Waals surface area contributed by atoms with Crippen molar-refractivity contribution in [1.82, 2.24) is 10.3 Å². The summed E-state index contributed by atoms with van der Waals surface area (Å²) in [4.78, 5) is 4.55. The third-order valence-corrected chi connectivity index (χ3v) is 2.84. The Morgan fingerprint density at radius 2 is 1.90 bits per heavy atom. The lowest BCUT2D eigenvalue weighted by atomic mass is 10.1. The molecule has 4 heteroatoms. The molecule has 0 saturated carbocycles. The van der Waals surface area contributed by atoms with Crippen LogP contribution in [-0.2, 0) is 11.3 Å². The highest BCUT2D eigenvalue weighted by Crippen LogP contribution is 2.19. The van der Waals surface area contributed by atoms with Gasteiger partial charge in [0.05, 0.1) is 12.7 Å². The van der Waals surface area contributed by atoms with Crippen molar-refractivity contribution in [3.63, 3.8) is 0 Å². The number of nitrogens with zero attached hydrogens (tertiary/aromatic N) is 1. The van der Waals surface area contributed by atoms with Crippen LogP contribution in [0.5, 0.6) is 5.88 Å². The number of nitrogens with one attached hydrogen (secondary N) is 1. The van der Waals surface area contributed by atoms with E-state index in [4.69, 9.17) is 9.47 Å². The first-order valence-electron chi connectivity index (χ1n) is 7.48. The lowest BCUT2D eigenvalue weighted by Crippen LogP contribution is -2.14. The minimum atomic E-state index is 0.234. The highest BCUT2D eigenvalue weighted by atomic mass is 16.5. The summed E-state index contributed by atoms with van der Waals surface area (Å²) < 4.78 is 11.2. The maximum absolute atomic E-state index is 5.70. The quantitative estimate of drug-likeness (QED) is 0.706. The van der Waals surface area contributed by atoms with Crippen LogP contribution in [0, 0.1) is 0 Å². The van der Waals surface area contributed by atoms with Gasteiger partial charge in [0, 0.05) is 18.3 Å². The van der Waals surface area contributed by atoms with E-state index in [0.717, 1.165) is 18.8 Å². The van der Waals surface area contributed by atoms with Crippen molar-refractivity contribution in [3.05, 3.63) is 23.4 Å². The molecule has 0 unspecified atom stereocenters. The fourth-order valence-electron chi connectivity index (χ4n) is 1.75. The summed E-state index contributed by atoms with van der Waals surface area (Å²) in [5, 5.41) is 3.33. The molecule has 0 aliphatic carbocycles. The SMILES string of the molecule is CCNCc1cc(OCCOC(C)C)nc(C(C)C)c1. The lowest BCUT2D eigenvalue weighted by molar-refractivity contribution is 0.0542. The lowest BCUT2D eigenvalue weighted by Gasteiger charge is -2.13. The van der Waals surface area contributed by atoms with E-state index >= 15 is 0 Å². The van der Waals surface area contributed by atoms with Gasteiger partial charge in [0.1, 0.15) is 6.61 Å². The number of ether oxygens (including phenoxy) is 2. The first-order valence-corrected chi connectivity index (χ1v) is 7.48. The van der Waals surface area contributed by atoms with Crippen LogP contribution in [0.15, 0.2) is 12.1 Å². The molecule has 1 heterocycles. The molecular formula is C16H28N2O2. The van der Waals surface area contributed by atoms with E-state index in [-0.39, 0.29) is 6.10 Å². The molecule has 0 atom stereocenters. The van der Waals surface area contributed by atoms with Crippen molar-refractivity contribution in [2.24, 2.45) is 0 Å². The summed E-state index contributed by atoms with van der Waals surface area (Å²) >= 11 is 0. The van der Waals surface area contributed by atoms with Gasteiger partial charge in [0.15, 0.2) is 0 Å². The highest BCUT2D eigenvalue weighted by molar-refractivity contribution is 5.26. The average molecular weight is 280 g/mol. The average Bonchev–Trinajstić information content (AvgIpc) is 2.41. The van der Waals surface area contributed by atoms with Crippen molar-refractivity contribution in [1.29, 1.82) is 0 Å². The minimum absolute atomic E-state index is 0.234. The molecule has 0 aliphatic rings. The smallest absolute Gasteiger partial charge is 0.213 e. The molecule has 0 aliphatic heterocycles. The summed E-state index contributed by atoms with van der Waals surface area (Å²) in [6.45, 7) is 13.4. The zero-order chi connectivity index (χ0) is 15.0. The molecule has 1 aromatic heterocycles. The van der Waals surface area contributed by atoms with Gasteiger partial charge in [-0.25, -0.2) is 4.98 Å². The predicted molar refractivity (Wildman–Crippen MR) is 82.3 cm³/mol. The Morgan fingerprint density at radius 3 is 2.50 bits per heavy atom. The van der Waals surface area contributed by atoms with E-state index in [1.165, 1.54) is 5.56 Å². The van der Waals surface area contributed by atoms with Gasteiger partial charge in [-0.3, -0.25) is 0 Å². The van der Waals surface area contributed by atoms with Gasteiger partial charge < -0.3 is 14.8 Å². The third-order valence-electron chi connectivity index (χ3n) is 2.84. The second-order valence-electron chi connectivity index (χ2n) is 5.44. The topological polar surface area (TPSA) is 43.4 Å². The van der Waals surface area contributed by atoms with Crippen LogP contribution in [0.1, 0.15) is 51.8 Å². The molecule has 0 spiro atoms. The van der Waals surface area contributed by atoms with Crippen LogP contribution in [0.4, 0.5) is 0 Å². The molecule has 1 aromatic rings. The van der Waals surface area contributed by atoms with E-state index in [1.807, 2.05) is 19.9 Å². The van der Waals surface area contributed by atoms with E-state index in [1.54, 1.807) is 0 Å². The normalized spacial score (nSPS) is 11.3. The Bertz CT molecular complexity index is 392. The second-order valence-corrected chi connectivity index (χ2v) is 5.44. The first kappa shape index (κ1) is 16.9. The van der Waals surface area contributed by atoms with Crippen molar-refractivity contribution in [3.8, 4) is 5.88 Å². The molecule has 1 N–H and O–H groups in total.